The zero-order valence-corrected chi connectivity index (χ0v) is 15.2. The van der Waals surface area contributed by atoms with Crippen molar-refractivity contribution in [3.63, 3.8) is 0 Å². The van der Waals surface area contributed by atoms with Crippen LogP contribution in [0.25, 0.3) is 0 Å². The average molecular weight is 354 g/mol. The van der Waals surface area contributed by atoms with Crippen molar-refractivity contribution < 1.29 is 14.3 Å². The van der Waals surface area contributed by atoms with Gasteiger partial charge in [-0.3, -0.25) is 0 Å². The van der Waals surface area contributed by atoms with Crippen LogP contribution in [0.4, 0.5) is 4.79 Å². The lowest BCUT2D eigenvalue weighted by Crippen LogP contribution is -2.45. The molecule has 0 bridgehead atoms. The predicted molar refractivity (Wildman–Crippen MR) is 101 cm³/mol. The second kappa shape index (κ2) is 9.25. The van der Waals surface area contributed by atoms with Crippen molar-refractivity contribution in [1.82, 2.24) is 10.2 Å². The summed E-state index contributed by atoms with van der Waals surface area (Å²) < 4.78 is 11.5. The lowest BCUT2D eigenvalue weighted by Gasteiger charge is -2.31. The fraction of sp³-hybridized carbons (Fsp3) is 0.381. The summed E-state index contributed by atoms with van der Waals surface area (Å²) in [7, 11) is 0. The van der Waals surface area contributed by atoms with E-state index in [9.17, 15) is 4.79 Å². The van der Waals surface area contributed by atoms with Crippen LogP contribution in [0.1, 0.15) is 25.3 Å². The standard InChI is InChI=1S/C21H26N2O3/c1-2-25-18-11-13-23(14-12-18)21(24)22-16-17-7-6-10-20(15-17)26-19-8-4-3-5-9-19/h3-10,15,18H,2,11-14,16H2,1H3,(H,22,24). The first-order chi connectivity index (χ1) is 12.7. The van der Waals surface area contributed by atoms with Crippen molar-refractivity contribution in [3.05, 3.63) is 60.2 Å². The molecule has 1 aliphatic heterocycles. The first kappa shape index (κ1) is 18.3. The van der Waals surface area contributed by atoms with Gasteiger partial charge in [0.05, 0.1) is 6.10 Å². The number of rotatable bonds is 6. The number of hydrogen-bond donors (Lipinski definition) is 1. The van der Waals surface area contributed by atoms with Crippen molar-refractivity contribution >= 4 is 6.03 Å². The van der Waals surface area contributed by atoms with Gasteiger partial charge >= 0.3 is 6.03 Å². The van der Waals surface area contributed by atoms with Crippen molar-refractivity contribution in [2.24, 2.45) is 0 Å². The Hall–Kier alpha value is -2.53. The van der Waals surface area contributed by atoms with Gasteiger partial charge < -0.3 is 19.7 Å². The van der Waals surface area contributed by atoms with E-state index in [0.717, 1.165) is 49.6 Å². The lowest BCUT2D eigenvalue weighted by atomic mass is 10.1. The minimum absolute atomic E-state index is 0.0191. The highest BCUT2D eigenvalue weighted by molar-refractivity contribution is 5.74. The zero-order chi connectivity index (χ0) is 18.2. The highest BCUT2D eigenvalue weighted by Gasteiger charge is 2.22. The van der Waals surface area contributed by atoms with E-state index in [4.69, 9.17) is 9.47 Å². The minimum Gasteiger partial charge on any atom is -0.457 e. The molecule has 0 aromatic heterocycles. The summed E-state index contributed by atoms with van der Waals surface area (Å²) in [4.78, 5) is 14.2. The largest absolute Gasteiger partial charge is 0.457 e. The Morgan fingerprint density at radius 1 is 1.08 bits per heavy atom. The summed E-state index contributed by atoms with van der Waals surface area (Å²) in [6, 6.07) is 17.4. The number of hydrogen-bond acceptors (Lipinski definition) is 3. The molecule has 5 nitrogen and oxygen atoms in total. The molecule has 138 valence electrons. The number of nitrogens with one attached hydrogen (secondary N) is 1. The summed E-state index contributed by atoms with van der Waals surface area (Å²) >= 11 is 0. The van der Waals surface area contributed by atoms with E-state index in [0.29, 0.717) is 6.54 Å². The van der Waals surface area contributed by atoms with Gasteiger partial charge in [-0.05, 0) is 49.6 Å². The van der Waals surface area contributed by atoms with Crippen LogP contribution >= 0.6 is 0 Å². The molecule has 1 fully saturated rings. The van der Waals surface area contributed by atoms with Crippen LogP contribution in [0.5, 0.6) is 11.5 Å². The predicted octanol–water partition coefficient (Wildman–Crippen LogP) is 4.19. The van der Waals surface area contributed by atoms with Gasteiger partial charge in [0.25, 0.3) is 0 Å². The second-order valence-electron chi connectivity index (χ2n) is 6.36. The molecule has 5 heteroatoms. The number of likely N-dealkylation sites (tertiary alicyclic amines) is 1. The Bertz CT molecular complexity index is 697. The molecule has 1 heterocycles. The topological polar surface area (TPSA) is 50.8 Å². The Morgan fingerprint density at radius 3 is 2.54 bits per heavy atom. The van der Waals surface area contributed by atoms with Gasteiger partial charge in [-0.2, -0.15) is 0 Å². The molecule has 0 radical (unpaired) electrons. The third-order valence-corrected chi connectivity index (χ3v) is 4.45. The summed E-state index contributed by atoms with van der Waals surface area (Å²) in [5.41, 5.74) is 1.01. The molecule has 2 aromatic carbocycles. The molecule has 3 rings (SSSR count). The molecule has 0 unspecified atom stereocenters. The number of carbonyl (C=O) groups excluding carboxylic acids is 1. The molecule has 1 saturated heterocycles. The molecule has 0 atom stereocenters. The van der Waals surface area contributed by atoms with Gasteiger partial charge in [-0.1, -0.05) is 30.3 Å². The lowest BCUT2D eigenvalue weighted by molar-refractivity contribution is 0.0220. The normalized spacial score (nSPS) is 14.9. The van der Waals surface area contributed by atoms with Gasteiger partial charge in [0.2, 0.25) is 0 Å². The number of urea groups is 1. The third kappa shape index (κ3) is 5.23. The number of carbonyl (C=O) groups is 1. The Morgan fingerprint density at radius 2 is 1.81 bits per heavy atom. The number of piperidine rings is 1. The van der Waals surface area contributed by atoms with E-state index < -0.39 is 0 Å². The van der Waals surface area contributed by atoms with Crippen LogP contribution in [-0.2, 0) is 11.3 Å². The van der Waals surface area contributed by atoms with Crippen molar-refractivity contribution in [1.29, 1.82) is 0 Å². The van der Waals surface area contributed by atoms with Crippen molar-refractivity contribution in [2.75, 3.05) is 19.7 Å². The van der Waals surface area contributed by atoms with Crippen LogP contribution in [0.2, 0.25) is 0 Å². The number of benzene rings is 2. The zero-order valence-electron chi connectivity index (χ0n) is 15.2. The van der Waals surface area contributed by atoms with E-state index in [1.807, 2.05) is 66.4 Å². The monoisotopic (exact) mass is 354 g/mol. The van der Waals surface area contributed by atoms with Crippen LogP contribution < -0.4 is 10.1 Å². The molecule has 0 spiro atoms. The van der Waals surface area contributed by atoms with Gasteiger partial charge in [0, 0.05) is 26.2 Å². The first-order valence-corrected chi connectivity index (χ1v) is 9.21. The van der Waals surface area contributed by atoms with Crippen molar-refractivity contribution in [3.8, 4) is 11.5 Å². The SMILES string of the molecule is CCOC1CCN(C(=O)NCc2cccc(Oc3ccccc3)c2)CC1. The fourth-order valence-electron chi connectivity index (χ4n) is 3.09. The smallest absolute Gasteiger partial charge is 0.317 e. The van der Waals surface area contributed by atoms with E-state index in [2.05, 4.69) is 5.32 Å². The summed E-state index contributed by atoms with van der Waals surface area (Å²) in [6.07, 6.45) is 2.10. The van der Waals surface area contributed by atoms with Crippen LogP contribution in [0, 0.1) is 0 Å². The number of nitrogens with zero attached hydrogens (tertiary/aromatic N) is 1. The molecular formula is C21H26N2O3. The fourth-order valence-corrected chi connectivity index (χ4v) is 3.09. The Kier molecular flexibility index (Phi) is 6.50. The van der Waals surface area contributed by atoms with Crippen LogP contribution in [-0.4, -0.2) is 36.7 Å². The first-order valence-electron chi connectivity index (χ1n) is 9.21. The number of ether oxygens (including phenoxy) is 2. The molecule has 2 amide bonds. The van der Waals surface area contributed by atoms with Gasteiger partial charge in [0.15, 0.2) is 0 Å². The van der Waals surface area contributed by atoms with Crippen LogP contribution in [0.3, 0.4) is 0 Å². The third-order valence-electron chi connectivity index (χ3n) is 4.45. The summed E-state index contributed by atoms with van der Waals surface area (Å²) in [5, 5.41) is 3.00. The Balaban J connectivity index is 1.49. The molecule has 1 N–H and O–H groups in total. The second-order valence-corrected chi connectivity index (χ2v) is 6.36. The van der Waals surface area contributed by atoms with E-state index in [1.165, 1.54) is 0 Å². The van der Waals surface area contributed by atoms with Gasteiger partial charge in [0.1, 0.15) is 11.5 Å². The molecular weight excluding hydrogens is 328 g/mol. The molecule has 26 heavy (non-hydrogen) atoms. The molecule has 2 aromatic rings. The quantitative estimate of drug-likeness (QED) is 0.846. The summed E-state index contributed by atoms with van der Waals surface area (Å²) in [6.45, 7) is 4.71. The van der Waals surface area contributed by atoms with Gasteiger partial charge in [-0.15, -0.1) is 0 Å². The molecule has 0 aliphatic carbocycles. The minimum atomic E-state index is -0.0191. The number of para-hydroxylation sites is 1. The maximum Gasteiger partial charge on any atom is 0.317 e. The van der Waals surface area contributed by atoms with Crippen molar-refractivity contribution in [2.45, 2.75) is 32.4 Å². The molecule has 0 saturated carbocycles. The number of amides is 2. The van der Waals surface area contributed by atoms with E-state index in [-0.39, 0.29) is 12.1 Å². The van der Waals surface area contributed by atoms with Gasteiger partial charge in [-0.25, -0.2) is 4.79 Å². The highest BCUT2D eigenvalue weighted by atomic mass is 16.5. The van der Waals surface area contributed by atoms with E-state index in [1.54, 1.807) is 0 Å². The van der Waals surface area contributed by atoms with E-state index >= 15 is 0 Å². The summed E-state index contributed by atoms with van der Waals surface area (Å²) in [5.74, 6) is 1.56. The van der Waals surface area contributed by atoms with Crippen LogP contribution in [0.15, 0.2) is 54.6 Å². The maximum absolute atomic E-state index is 12.4. The molecule has 1 aliphatic rings. The maximum atomic E-state index is 12.4. The Labute approximate surface area is 154 Å². The highest BCUT2D eigenvalue weighted by Crippen LogP contribution is 2.22. The average Bonchev–Trinajstić information content (AvgIpc) is 2.68.